The predicted octanol–water partition coefficient (Wildman–Crippen LogP) is 4.69. The number of carbonyl (C=O) groups is 1. The van der Waals surface area contributed by atoms with E-state index in [-0.39, 0.29) is 11.2 Å². The highest BCUT2D eigenvalue weighted by atomic mass is 32.2. The molecule has 7 heteroatoms. The quantitative estimate of drug-likeness (QED) is 0.585. The Labute approximate surface area is 181 Å². The molecule has 0 aliphatic carbocycles. The molecule has 1 aliphatic rings. The summed E-state index contributed by atoms with van der Waals surface area (Å²) in [5.41, 5.74) is 3.03. The number of hydrogen-bond donors (Lipinski definition) is 1. The van der Waals surface area contributed by atoms with Gasteiger partial charge in [0.15, 0.2) is 5.16 Å². The first-order valence-corrected chi connectivity index (χ1v) is 11.3. The summed E-state index contributed by atoms with van der Waals surface area (Å²) in [5.74, 6) is 0.746. The topological polar surface area (TPSA) is 63.1 Å². The van der Waals surface area contributed by atoms with Crippen LogP contribution in [0.2, 0.25) is 0 Å². The van der Waals surface area contributed by atoms with Crippen LogP contribution >= 0.6 is 11.8 Å². The third kappa shape index (κ3) is 4.67. The lowest BCUT2D eigenvalue weighted by Crippen LogP contribution is -2.29. The first kappa shape index (κ1) is 20.5. The van der Waals surface area contributed by atoms with Gasteiger partial charge in [0.2, 0.25) is 5.91 Å². The number of nitrogens with zero attached hydrogens (tertiary/aromatic N) is 4. The zero-order valence-electron chi connectivity index (χ0n) is 17.4. The molecule has 1 fully saturated rings. The third-order valence-electron chi connectivity index (χ3n) is 5.32. The van der Waals surface area contributed by atoms with Crippen LogP contribution in [0.5, 0.6) is 0 Å². The fraction of sp³-hybridized carbons (Fsp3) is 0.348. The van der Waals surface area contributed by atoms with Gasteiger partial charge in [0.05, 0.1) is 5.25 Å². The number of hydrogen-bond acceptors (Lipinski definition) is 5. The zero-order chi connectivity index (χ0) is 20.9. The molecule has 1 amide bonds. The maximum Gasteiger partial charge on any atom is 0.237 e. The minimum atomic E-state index is -0.308. The molecule has 30 heavy (non-hydrogen) atoms. The summed E-state index contributed by atoms with van der Waals surface area (Å²) in [6.45, 7) is 6.03. The average Bonchev–Trinajstić information content (AvgIpc) is 3.15. The van der Waals surface area contributed by atoms with Crippen LogP contribution in [-0.2, 0) is 4.79 Å². The Bertz CT molecular complexity index is 981. The molecule has 1 N–H and O–H groups in total. The Morgan fingerprint density at radius 1 is 0.967 bits per heavy atom. The summed E-state index contributed by atoms with van der Waals surface area (Å²) in [6.07, 6.45) is 3.82. The number of nitrogens with one attached hydrogen (secondary N) is 1. The maximum atomic E-state index is 12.8. The average molecular weight is 422 g/mol. The zero-order valence-corrected chi connectivity index (χ0v) is 18.2. The minimum Gasteiger partial charge on any atom is -0.372 e. The Balaban J connectivity index is 1.40. The first-order chi connectivity index (χ1) is 14.6. The highest BCUT2D eigenvalue weighted by molar-refractivity contribution is 8.00. The summed E-state index contributed by atoms with van der Waals surface area (Å²) in [5, 5.41) is 11.9. The number of rotatable bonds is 6. The number of carbonyl (C=O) groups excluding carboxylic acids is 1. The molecule has 1 saturated heterocycles. The van der Waals surface area contributed by atoms with Crippen molar-refractivity contribution in [2.75, 3.05) is 23.3 Å². The Morgan fingerprint density at radius 2 is 1.67 bits per heavy atom. The van der Waals surface area contributed by atoms with Gasteiger partial charge in [-0.3, -0.25) is 9.36 Å². The molecule has 0 spiro atoms. The Kier molecular flexibility index (Phi) is 6.38. The van der Waals surface area contributed by atoms with E-state index in [1.165, 1.54) is 36.7 Å². The number of piperidine rings is 1. The van der Waals surface area contributed by atoms with Crippen molar-refractivity contribution in [3.63, 3.8) is 0 Å². The molecule has 2 aromatic carbocycles. The number of thioether (sulfide) groups is 1. The van der Waals surface area contributed by atoms with E-state index in [2.05, 4.69) is 32.5 Å². The van der Waals surface area contributed by atoms with E-state index in [1.54, 1.807) is 0 Å². The molecule has 0 bridgehead atoms. The predicted molar refractivity (Wildman–Crippen MR) is 123 cm³/mol. The lowest BCUT2D eigenvalue weighted by atomic mass is 10.1. The lowest BCUT2D eigenvalue weighted by Gasteiger charge is -2.28. The minimum absolute atomic E-state index is 0.0500. The van der Waals surface area contributed by atoms with E-state index in [1.807, 2.05) is 60.9 Å². The summed E-state index contributed by atoms with van der Waals surface area (Å²) >= 11 is 1.41. The summed E-state index contributed by atoms with van der Waals surface area (Å²) < 4.78 is 1.97. The summed E-state index contributed by atoms with van der Waals surface area (Å²) in [4.78, 5) is 15.2. The van der Waals surface area contributed by atoms with Gasteiger partial charge in [-0.2, -0.15) is 0 Å². The van der Waals surface area contributed by atoms with Gasteiger partial charge in [-0.05, 0) is 69.5 Å². The molecule has 1 aromatic heterocycles. The van der Waals surface area contributed by atoms with Crippen LogP contribution < -0.4 is 10.2 Å². The normalized spacial score (nSPS) is 15.1. The molecular formula is C23H27N5OS. The fourth-order valence-electron chi connectivity index (χ4n) is 3.66. The van der Waals surface area contributed by atoms with Crippen LogP contribution in [-0.4, -0.2) is 39.0 Å². The van der Waals surface area contributed by atoms with Gasteiger partial charge < -0.3 is 10.2 Å². The molecular weight excluding hydrogens is 394 g/mol. The molecule has 1 unspecified atom stereocenters. The van der Waals surface area contributed by atoms with Gasteiger partial charge in [-0.15, -0.1) is 10.2 Å². The van der Waals surface area contributed by atoms with Crippen molar-refractivity contribution >= 4 is 29.0 Å². The molecule has 156 valence electrons. The lowest BCUT2D eigenvalue weighted by molar-refractivity contribution is -0.115. The van der Waals surface area contributed by atoms with Crippen LogP contribution in [0.3, 0.4) is 0 Å². The number of benzene rings is 2. The second kappa shape index (κ2) is 9.34. The van der Waals surface area contributed by atoms with Gasteiger partial charge in [0.1, 0.15) is 5.82 Å². The third-order valence-corrected chi connectivity index (χ3v) is 6.36. The molecule has 1 aliphatic heterocycles. The van der Waals surface area contributed by atoms with Crippen LogP contribution in [0, 0.1) is 6.92 Å². The molecule has 3 aromatic rings. The number of aromatic nitrogens is 3. The molecule has 0 saturated carbocycles. The van der Waals surface area contributed by atoms with E-state index in [0.29, 0.717) is 5.16 Å². The van der Waals surface area contributed by atoms with Crippen molar-refractivity contribution in [3.8, 4) is 5.69 Å². The SMILES string of the molecule is Cc1nnc(SC(C)C(=O)Nc2ccc(N3CCCCC3)cc2)n1-c1ccccc1. The molecule has 6 nitrogen and oxygen atoms in total. The first-order valence-electron chi connectivity index (χ1n) is 10.4. The molecule has 4 rings (SSSR count). The molecule has 2 heterocycles. The van der Waals surface area contributed by atoms with Crippen LogP contribution in [0.4, 0.5) is 11.4 Å². The van der Waals surface area contributed by atoms with Gasteiger partial charge in [0.25, 0.3) is 0 Å². The van der Waals surface area contributed by atoms with Crippen molar-refractivity contribution < 1.29 is 4.79 Å². The number of aryl methyl sites for hydroxylation is 1. The van der Waals surface area contributed by atoms with E-state index in [9.17, 15) is 4.79 Å². The van der Waals surface area contributed by atoms with Crippen molar-refractivity contribution in [2.24, 2.45) is 0 Å². The van der Waals surface area contributed by atoms with Gasteiger partial charge in [0, 0.05) is 30.2 Å². The van der Waals surface area contributed by atoms with Crippen LogP contribution in [0.15, 0.2) is 59.8 Å². The van der Waals surface area contributed by atoms with Crippen LogP contribution in [0.1, 0.15) is 32.0 Å². The number of amides is 1. The number of anilines is 2. The van der Waals surface area contributed by atoms with Crippen molar-refractivity contribution in [2.45, 2.75) is 43.5 Å². The second-order valence-electron chi connectivity index (χ2n) is 7.54. The van der Waals surface area contributed by atoms with E-state index in [4.69, 9.17) is 0 Å². The molecule has 0 radical (unpaired) electrons. The van der Waals surface area contributed by atoms with Crippen molar-refractivity contribution in [3.05, 3.63) is 60.4 Å². The molecule has 1 atom stereocenters. The highest BCUT2D eigenvalue weighted by Gasteiger charge is 2.20. The highest BCUT2D eigenvalue weighted by Crippen LogP contribution is 2.27. The van der Waals surface area contributed by atoms with Crippen molar-refractivity contribution in [1.82, 2.24) is 14.8 Å². The van der Waals surface area contributed by atoms with E-state index < -0.39 is 0 Å². The standard InChI is InChI=1S/C23H27N5OS/c1-17(30-23-26-25-18(2)28(23)21-9-5-3-6-10-21)22(29)24-19-11-13-20(14-12-19)27-15-7-4-8-16-27/h3,5-6,9-14,17H,4,7-8,15-16H2,1-2H3,(H,24,29). The van der Waals surface area contributed by atoms with Gasteiger partial charge >= 0.3 is 0 Å². The fourth-order valence-corrected chi connectivity index (χ4v) is 4.57. The monoisotopic (exact) mass is 421 g/mol. The summed E-state index contributed by atoms with van der Waals surface area (Å²) in [7, 11) is 0. The van der Waals surface area contributed by atoms with E-state index >= 15 is 0 Å². The van der Waals surface area contributed by atoms with Crippen molar-refractivity contribution in [1.29, 1.82) is 0 Å². The number of para-hydroxylation sites is 1. The van der Waals surface area contributed by atoms with Crippen LogP contribution in [0.25, 0.3) is 5.69 Å². The maximum absolute atomic E-state index is 12.8. The second-order valence-corrected chi connectivity index (χ2v) is 8.85. The largest absolute Gasteiger partial charge is 0.372 e. The Hall–Kier alpha value is -2.80. The van der Waals surface area contributed by atoms with Gasteiger partial charge in [-0.25, -0.2) is 0 Å². The summed E-state index contributed by atoms with van der Waals surface area (Å²) in [6, 6.07) is 18.1. The Morgan fingerprint density at radius 3 is 2.37 bits per heavy atom. The van der Waals surface area contributed by atoms with E-state index in [0.717, 1.165) is 30.3 Å². The smallest absolute Gasteiger partial charge is 0.237 e. The van der Waals surface area contributed by atoms with Gasteiger partial charge in [-0.1, -0.05) is 30.0 Å².